The number of hydrogen-bond acceptors (Lipinski definition) is 2. The second kappa shape index (κ2) is 23.7. The van der Waals surface area contributed by atoms with E-state index in [1.807, 2.05) is 0 Å². The van der Waals surface area contributed by atoms with Gasteiger partial charge in [0.2, 0.25) is 0 Å². The number of rotatable bonds is 6. The summed E-state index contributed by atoms with van der Waals surface area (Å²) < 4.78 is 0. The van der Waals surface area contributed by atoms with Gasteiger partial charge in [0.15, 0.2) is 0 Å². The van der Waals surface area contributed by atoms with Crippen molar-refractivity contribution in [1.29, 1.82) is 0 Å². The van der Waals surface area contributed by atoms with Crippen molar-refractivity contribution in [1.82, 2.24) is 0 Å². The molecular formula is C38H32Br2IrO2P2-2. The Balaban J connectivity index is 0.000000262. The minimum absolute atomic E-state index is 0. The molecule has 6 rings (SSSR count). The zero-order valence-corrected chi connectivity index (χ0v) is 31.7. The van der Waals surface area contributed by atoms with Crippen molar-refractivity contribution in [2.24, 2.45) is 0 Å². The van der Waals surface area contributed by atoms with Crippen LogP contribution in [0, 0.1) is 0 Å². The maximum atomic E-state index is 8.60. The van der Waals surface area contributed by atoms with Gasteiger partial charge in [0, 0.05) is 25.8 Å². The van der Waals surface area contributed by atoms with Crippen LogP contribution in [0.5, 0.6) is 0 Å². The summed E-state index contributed by atoms with van der Waals surface area (Å²) in [5.74, 6) is 0. The van der Waals surface area contributed by atoms with Crippen molar-refractivity contribution in [3.05, 3.63) is 176 Å². The first-order chi connectivity index (χ1) is 21.7. The van der Waals surface area contributed by atoms with E-state index < -0.39 is 7.92 Å². The maximum absolute atomic E-state index is 8.60. The molecule has 1 aliphatic rings. The molecule has 231 valence electrons. The van der Waals surface area contributed by atoms with Gasteiger partial charge in [0.25, 0.3) is 0 Å². The third kappa shape index (κ3) is 13.3. The average molecular weight is 935 g/mol. The molecule has 0 N–H and O–H groups in total. The van der Waals surface area contributed by atoms with Gasteiger partial charge < -0.3 is 9.59 Å². The summed E-state index contributed by atoms with van der Waals surface area (Å²) in [6.45, 7) is 0. The Hall–Kier alpha value is -2.61. The Bertz CT molecular complexity index is 1400. The molecule has 1 unspecified atom stereocenters. The Morgan fingerprint density at radius 2 is 0.778 bits per heavy atom. The van der Waals surface area contributed by atoms with Crippen LogP contribution in [-0.2, 0) is 29.7 Å². The van der Waals surface area contributed by atoms with Crippen LogP contribution in [0.2, 0.25) is 0 Å². The Morgan fingerprint density at radius 1 is 0.489 bits per heavy atom. The van der Waals surface area contributed by atoms with Crippen LogP contribution in [0.3, 0.4) is 0 Å². The van der Waals surface area contributed by atoms with Gasteiger partial charge in [-0.1, -0.05) is 176 Å². The minimum Gasteiger partial charge on any atom is -0.530 e. The summed E-state index contributed by atoms with van der Waals surface area (Å²) in [6.07, 6.45) is 10.1. The van der Waals surface area contributed by atoms with E-state index in [9.17, 15) is 0 Å². The van der Waals surface area contributed by atoms with Crippen LogP contribution in [0.4, 0.5) is 0 Å². The van der Waals surface area contributed by atoms with Gasteiger partial charge >= 0.3 is 0 Å². The second-order valence-corrected chi connectivity index (χ2v) is 14.5. The zero-order chi connectivity index (χ0) is 31.2. The largest absolute Gasteiger partial charge is 0.530 e. The van der Waals surface area contributed by atoms with E-state index in [2.05, 4.69) is 208 Å². The molecule has 0 spiro atoms. The van der Waals surface area contributed by atoms with Crippen LogP contribution in [0.25, 0.3) is 0 Å². The SMILES string of the molecule is C1=CCC(P(c2ccccc2)c2ccccc2)C=C1.O=[C-]Br.O=[C-]Br.[Ir].c1ccc(P(c2ccccc2)c2ccccc2)cc1. The number of carbonyl (C=O) groups excluding carboxylic acids is 2. The van der Waals surface area contributed by atoms with E-state index in [0.29, 0.717) is 5.66 Å². The second-order valence-electron chi connectivity index (χ2n) is 9.15. The topological polar surface area (TPSA) is 34.1 Å². The Morgan fingerprint density at radius 3 is 1.04 bits per heavy atom. The molecule has 7 heteroatoms. The summed E-state index contributed by atoms with van der Waals surface area (Å²) in [4.78, 5) is 17.2. The van der Waals surface area contributed by atoms with Crippen LogP contribution in [0.1, 0.15) is 6.42 Å². The molecule has 45 heavy (non-hydrogen) atoms. The fourth-order valence-electron chi connectivity index (χ4n) is 4.65. The van der Waals surface area contributed by atoms with E-state index in [1.165, 1.54) is 36.9 Å². The maximum Gasteiger partial charge on any atom is 0.00883 e. The third-order valence-electron chi connectivity index (χ3n) is 6.40. The van der Waals surface area contributed by atoms with Gasteiger partial charge in [-0.25, -0.2) is 0 Å². The third-order valence-corrected chi connectivity index (χ3v) is 11.6. The van der Waals surface area contributed by atoms with Gasteiger partial charge in [-0.3, -0.25) is 31.9 Å². The van der Waals surface area contributed by atoms with E-state index in [4.69, 9.17) is 9.59 Å². The van der Waals surface area contributed by atoms with Crippen LogP contribution < -0.4 is 26.5 Å². The number of hydrogen-bond donors (Lipinski definition) is 0. The summed E-state index contributed by atoms with van der Waals surface area (Å²) in [5, 5.41) is 9.75. The first-order valence-electron chi connectivity index (χ1n) is 13.9. The predicted molar refractivity (Wildman–Crippen MR) is 200 cm³/mol. The Kier molecular flexibility index (Phi) is 20.3. The van der Waals surface area contributed by atoms with Crippen molar-refractivity contribution in [2.75, 3.05) is 0 Å². The van der Waals surface area contributed by atoms with Crippen molar-refractivity contribution in [3.8, 4) is 0 Å². The predicted octanol–water partition coefficient (Wildman–Crippen LogP) is 8.34. The molecular weight excluding hydrogens is 902 g/mol. The standard InChI is InChI=1S/C18H17P.C18H15P.2CBrO.Ir/c2*1-4-10-16(11-5-1)19(17-12-6-2-7-13-17)18-14-8-3-9-15-18;2*2-1-3;/h1-14,18H,15H2;1-15H;;;/q;;2*-1;. The van der Waals surface area contributed by atoms with Crippen LogP contribution in [0.15, 0.2) is 176 Å². The van der Waals surface area contributed by atoms with E-state index in [1.54, 1.807) is 0 Å². The average Bonchev–Trinajstić information content (AvgIpc) is 3.09. The first kappa shape index (κ1) is 38.6. The molecule has 1 radical (unpaired) electrons. The fourth-order valence-corrected chi connectivity index (χ4v) is 9.61. The number of halogens is 2. The number of allylic oxidation sites excluding steroid dienone is 4. The smallest absolute Gasteiger partial charge is 0.00883 e. The molecule has 0 aromatic heterocycles. The van der Waals surface area contributed by atoms with Gasteiger partial charge in [-0.2, -0.15) is 10.4 Å². The Labute approximate surface area is 300 Å². The monoisotopic (exact) mass is 933 g/mol. The van der Waals surface area contributed by atoms with Crippen LogP contribution in [-0.4, -0.2) is 16.0 Å². The quantitative estimate of drug-likeness (QED) is 0.0976. The molecule has 0 saturated carbocycles. The molecule has 2 nitrogen and oxygen atoms in total. The van der Waals surface area contributed by atoms with Crippen LogP contribution >= 0.6 is 47.7 Å². The van der Waals surface area contributed by atoms with Gasteiger partial charge in [0.05, 0.1) is 0 Å². The summed E-state index contributed by atoms with van der Waals surface area (Å²) >= 11 is 4.68. The van der Waals surface area contributed by atoms with Crippen molar-refractivity contribution in [3.63, 3.8) is 0 Å². The van der Waals surface area contributed by atoms with E-state index >= 15 is 0 Å². The molecule has 0 aliphatic heterocycles. The number of benzene rings is 5. The van der Waals surface area contributed by atoms with Gasteiger partial charge in [-0.15, -0.1) is 0 Å². The molecule has 5 aromatic carbocycles. The molecule has 1 atom stereocenters. The molecule has 0 fully saturated rings. The summed E-state index contributed by atoms with van der Waals surface area (Å²) in [6, 6.07) is 54.2. The molecule has 5 aromatic rings. The minimum atomic E-state index is -0.446. The van der Waals surface area contributed by atoms with Crippen molar-refractivity contribution < 1.29 is 29.7 Å². The molecule has 0 saturated heterocycles. The fraction of sp³-hybridized carbons (Fsp3) is 0.0526. The van der Waals surface area contributed by atoms with E-state index in [0.717, 1.165) is 6.42 Å². The van der Waals surface area contributed by atoms with Gasteiger partial charge in [-0.05, 0) is 48.8 Å². The van der Waals surface area contributed by atoms with Crippen molar-refractivity contribution in [2.45, 2.75) is 12.1 Å². The summed E-state index contributed by atoms with van der Waals surface area (Å²) in [7, 11) is -0.753. The first-order valence-corrected chi connectivity index (χ1v) is 18.2. The van der Waals surface area contributed by atoms with Gasteiger partial charge in [0.1, 0.15) is 0 Å². The molecule has 0 amide bonds. The zero-order valence-electron chi connectivity index (χ0n) is 24.3. The van der Waals surface area contributed by atoms with E-state index in [-0.39, 0.29) is 28.0 Å². The molecule has 1 aliphatic carbocycles. The normalized spacial score (nSPS) is 12.6. The molecule has 0 heterocycles. The summed E-state index contributed by atoms with van der Waals surface area (Å²) in [5.41, 5.74) is 0.616. The molecule has 0 bridgehead atoms. The van der Waals surface area contributed by atoms with Crippen molar-refractivity contribution >= 4 is 84.6 Å².